The molecule has 2 N–H and O–H groups in total. The summed E-state index contributed by atoms with van der Waals surface area (Å²) in [7, 11) is 0. The smallest absolute Gasteiger partial charge is 0.0558 e. The first-order valence-corrected chi connectivity index (χ1v) is 10.4. The molecule has 1 aromatic heterocycles. The number of pyridine rings is 1. The zero-order valence-electron chi connectivity index (χ0n) is 17.3. The molecule has 0 radical (unpaired) electrons. The highest BCUT2D eigenvalue weighted by Gasteiger charge is 2.37. The van der Waals surface area contributed by atoms with Gasteiger partial charge in [-0.05, 0) is 59.3 Å². The molecule has 27 heavy (non-hydrogen) atoms. The van der Waals surface area contributed by atoms with Crippen LogP contribution in [0.4, 0.5) is 5.69 Å². The van der Waals surface area contributed by atoms with Crippen LogP contribution in [0.25, 0.3) is 11.1 Å². The molecule has 0 unspecified atom stereocenters. The first-order chi connectivity index (χ1) is 12.8. The van der Waals surface area contributed by atoms with Crippen molar-refractivity contribution in [3.05, 3.63) is 47.8 Å². The third-order valence-electron chi connectivity index (χ3n) is 6.81. The zero-order valence-corrected chi connectivity index (χ0v) is 17.3. The van der Waals surface area contributed by atoms with Gasteiger partial charge < -0.3 is 10.6 Å². The summed E-state index contributed by atoms with van der Waals surface area (Å²) in [4.78, 5) is 6.98. The van der Waals surface area contributed by atoms with E-state index < -0.39 is 0 Å². The van der Waals surface area contributed by atoms with Crippen molar-refractivity contribution in [3.63, 3.8) is 0 Å². The number of aromatic nitrogens is 1. The molecule has 2 heterocycles. The lowest BCUT2D eigenvalue weighted by Gasteiger charge is -2.42. The van der Waals surface area contributed by atoms with E-state index in [1.807, 2.05) is 12.4 Å². The highest BCUT2D eigenvalue weighted by molar-refractivity contribution is 5.69. The molecule has 2 aromatic rings. The van der Waals surface area contributed by atoms with Crippen LogP contribution in [0.2, 0.25) is 0 Å². The third kappa shape index (κ3) is 3.50. The minimum absolute atomic E-state index is 0.231. The lowest BCUT2D eigenvalue weighted by Crippen LogP contribution is -2.39. The minimum atomic E-state index is 0.231. The number of piperidine rings is 1. The number of fused-ring (bicyclic) bond motifs is 1. The molecule has 1 aliphatic carbocycles. The van der Waals surface area contributed by atoms with Crippen molar-refractivity contribution >= 4 is 5.69 Å². The molecule has 2 aliphatic rings. The van der Waals surface area contributed by atoms with E-state index in [0.717, 1.165) is 25.9 Å². The molecule has 0 spiro atoms. The van der Waals surface area contributed by atoms with Gasteiger partial charge in [-0.15, -0.1) is 0 Å². The molecule has 0 amide bonds. The third-order valence-corrected chi connectivity index (χ3v) is 6.81. The Hall–Kier alpha value is -1.87. The molecule has 0 saturated carbocycles. The number of hydrogen-bond acceptors (Lipinski definition) is 3. The van der Waals surface area contributed by atoms with Gasteiger partial charge in [-0.1, -0.05) is 45.9 Å². The largest absolute Gasteiger partial charge is 0.370 e. The van der Waals surface area contributed by atoms with Crippen LogP contribution < -0.4 is 10.6 Å². The van der Waals surface area contributed by atoms with Crippen LogP contribution in [-0.4, -0.2) is 24.1 Å². The lowest BCUT2D eigenvalue weighted by atomic mass is 9.63. The second-order valence-electron chi connectivity index (χ2n) is 9.78. The summed E-state index contributed by atoms with van der Waals surface area (Å²) in [5, 5.41) is 0. The Morgan fingerprint density at radius 1 is 0.889 bits per heavy atom. The van der Waals surface area contributed by atoms with E-state index in [0.29, 0.717) is 6.04 Å². The predicted molar refractivity (Wildman–Crippen MR) is 114 cm³/mol. The maximum Gasteiger partial charge on any atom is 0.0558 e. The fourth-order valence-electron chi connectivity index (χ4n) is 4.68. The lowest BCUT2D eigenvalue weighted by molar-refractivity contribution is 0.332. The number of nitrogens with zero attached hydrogens (tertiary/aromatic N) is 2. The standard InChI is InChI=1S/C24H33N3/c1-23(2)9-10-24(3,4)22-14-17(5-6-21(22)23)18-13-20(16-26-15-18)27-11-7-19(25)8-12-27/h5-6,13-16,19H,7-12,25H2,1-4H3. The average Bonchev–Trinajstić information content (AvgIpc) is 2.66. The molecule has 0 atom stereocenters. The molecule has 3 nitrogen and oxygen atoms in total. The Morgan fingerprint density at radius 2 is 1.56 bits per heavy atom. The van der Waals surface area contributed by atoms with E-state index in [1.165, 1.54) is 40.8 Å². The maximum absolute atomic E-state index is 6.07. The Bertz CT molecular complexity index is 829. The quantitative estimate of drug-likeness (QED) is 0.814. The second-order valence-corrected chi connectivity index (χ2v) is 9.78. The van der Waals surface area contributed by atoms with Crippen molar-refractivity contribution < 1.29 is 0 Å². The SMILES string of the molecule is CC1(C)CCC(C)(C)c2cc(-c3cncc(N4CCC(N)CC4)c3)ccc21. The molecular weight excluding hydrogens is 330 g/mol. The Kier molecular flexibility index (Phi) is 4.54. The Balaban J connectivity index is 1.70. The van der Waals surface area contributed by atoms with Gasteiger partial charge in [-0.2, -0.15) is 0 Å². The monoisotopic (exact) mass is 363 g/mol. The van der Waals surface area contributed by atoms with Crippen molar-refractivity contribution in [2.24, 2.45) is 5.73 Å². The van der Waals surface area contributed by atoms with Crippen molar-refractivity contribution in [2.75, 3.05) is 18.0 Å². The van der Waals surface area contributed by atoms with Crippen molar-refractivity contribution in [3.8, 4) is 11.1 Å². The summed E-state index contributed by atoms with van der Waals surface area (Å²) in [5.41, 5.74) is 13.3. The fraction of sp³-hybridized carbons (Fsp3) is 0.542. The van der Waals surface area contributed by atoms with E-state index >= 15 is 0 Å². The molecule has 1 aromatic carbocycles. The highest BCUT2D eigenvalue weighted by atomic mass is 15.1. The summed E-state index contributed by atoms with van der Waals surface area (Å²) in [6.07, 6.45) is 8.61. The van der Waals surface area contributed by atoms with Gasteiger partial charge in [-0.25, -0.2) is 0 Å². The zero-order chi connectivity index (χ0) is 19.2. The molecule has 3 heteroatoms. The van der Waals surface area contributed by atoms with Crippen LogP contribution in [0.5, 0.6) is 0 Å². The summed E-state index contributed by atoms with van der Waals surface area (Å²) < 4.78 is 0. The number of rotatable bonds is 2. The predicted octanol–water partition coefficient (Wildman–Crippen LogP) is 5.03. The Labute approximate surface area is 164 Å². The van der Waals surface area contributed by atoms with Crippen LogP contribution >= 0.6 is 0 Å². The summed E-state index contributed by atoms with van der Waals surface area (Å²) in [6.45, 7) is 11.6. The van der Waals surface area contributed by atoms with Crippen LogP contribution in [-0.2, 0) is 10.8 Å². The molecular formula is C24H33N3. The van der Waals surface area contributed by atoms with Crippen LogP contribution in [0.15, 0.2) is 36.7 Å². The van der Waals surface area contributed by atoms with Crippen molar-refractivity contribution in [2.45, 2.75) is 70.3 Å². The topological polar surface area (TPSA) is 42.2 Å². The first-order valence-electron chi connectivity index (χ1n) is 10.4. The molecule has 0 bridgehead atoms. The summed E-state index contributed by atoms with van der Waals surface area (Å²) in [5.74, 6) is 0. The van der Waals surface area contributed by atoms with Crippen molar-refractivity contribution in [1.29, 1.82) is 0 Å². The second kappa shape index (κ2) is 6.63. The van der Waals surface area contributed by atoms with Crippen LogP contribution in [0, 0.1) is 0 Å². The van der Waals surface area contributed by atoms with Crippen molar-refractivity contribution in [1.82, 2.24) is 4.98 Å². The van der Waals surface area contributed by atoms with Gasteiger partial charge in [0.05, 0.1) is 11.9 Å². The van der Waals surface area contributed by atoms with Gasteiger partial charge in [0.1, 0.15) is 0 Å². The fourth-order valence-corrected chi connectivity index (χ4v) is 4.68. The minimum Gasteiger partial charge on any atom is -0.370 e. The van der Waals surface area contributed by atoms with Gasteiger partial charge in [0.2, 0.25) is 0 Å². The van der Waals surface area contributed by atoms with Gasteiger partial charge in [0.15, 0.2) is 0 Å². The van der Waals surface area contributed by atoms with E-state index in [9.17, 15) is 0 Å². The van der Waals surface area contributed by atoms with Gasteiger partial charge in [-0.3, -0.25) is 4.98 Å². The molecule has 1 saturated heterocycles. The maximum atomic E-state index is 6.07. The van der Waals surface area contributed by atoms with Gasteiger partial charge in [0.25, 0.3) is 0 Å². The van der Waals surface area contributed by atoms with Crippen LogP contribution in [0.1, 0.15) is 64.5 Å². The average molecular weight is 364 g/mol. The van der Waals surface area contributed by atoms with E-state index in [-0.39, 0.29) is 10.8 Å². The molecule has 4 rings (SSSR count). The van der Waals surface area contributed by atoms with E-state index in [2.05, 4.69) is 61.8 Å². The molecule has 1 aliphatic heterocycles. The number of hydrogen-bond donors (Lipinski definition) is 1. The van der Waals surface area contributed by atoms with Gasteiger partial charge >= 0.3 is 0 Å². The summed E-state index contributed by atoms with van der Waals surface area (Å²) in [6, 6.07) is 9.71. The molecule has 1 fully saturated rings. The number of nitrogens with two attached hydrogens (primary N) is 1. The van der Waals surface area contributed by atoms with E-state index in [4.69, 9.17) is 5.73 Å². The Morgan fingerprint density at radius 3 is 2.26 bits per heavy atom. The normalized spacial score (nSPS) is 21.7. The van der Waals surface area contributed by atoms with Crippen LogP contribution in [0.3, 0.4) is 0 Å². The van der Waals surface area contributed by atoms with Gasteiger partial charge in [0, 0.05) is 30.9 Å². The number of anilines is 1. The number of benzene rings is 1. The molecule has 144 valence electrons. The van der Waals surface area contributed by atoms with E-state index in [1.54, 1.807) is 0 Å². The first kappa shape index (κ1) is 18.5. The summed E-state index contributed by atoms with van der Waals surface area (Å²) >= 11 is 0. The highest BCUT2D eigenvalue weighted by Crippen LogP contribution is 2.46.